The standard InChI is InChI=1S/C19H23FN4O2/c20-17-4-1-15(2-5-17)13-22-18-6-3-16(14-23-18)19(25)21-7-8-24-9-11-26-12-10-24/h1-6,14H,7-13H2,(H,21,25)(H,22,23). The second-order valence-electron chi connectivity index (χ2n) is 6.12. The van der Waals surface area contributed by atoms with Crippen LogP contribution in [0.5, 0.6) is 0 Å². The van der Waals surface area contributed by atoms with Gasteiger partial charge in [-0.3, -0.25) is 9.69 Å². The number of benzene rings is 1. The van der Waals surface area contributed by atoms with Crippen LogP contribution in [0.1, 0.15) is 15.9 Å². The fourth-order valence-electron chi connectivity index (χ4n) is 2.68. The van der Waals surface area contributed by atoms with E-state index in [1.807, 2.05) is 0 Å². The summed E-state index contributed by atoms with van der Waals surface area (Å²) in [5.41, 5.74) is 1.48. The minimum absolute atomic E-state index is 0.129. The average Bonchev–Trinajstić information content (AvgIpc) is 2.69. The van der Waals surface area contributed by atoms with Gasteiger partial charge >= 0.3 is 0 Å². The Hall–Kier alpha value is -2.51. The minimum Gasteiger partial charge on any atom is -0.379 e. The summed E-state index contributed by atoms with van der Waals surface area (Å²) < 4.78 is 18.2. The highest BCUT2D eigenvalue weighted by atomic mass is 19.1. The van der Waals surface area contributed by atoms with Gasteiger partial charge in [0, 0.05) is 38.9 Å². The average molecular weight is 358 g/mol. The van der Waals surface area contributed by atoms with Crippen molar-refractivity contribution in [1.82, 2.24) is 15.2 Å². The molecular formula is C19H23FN4O2. The first-order valence-electron chi connectivity index (χ1n) is 8.73. The molecule has 0 atom stereocenters. The first kappa shape index (κ1) is 18.3. The van der Waals surface area contributed by atoms with Gasteiger partial charge in [-0.15, -0.1) is 0 Å². The Labute approximate surface area is 152 Å². The van der Waals surface area contributed by atoms with Gasteiger partial charge in [-0.2, -0.15) is 0 Å². The zero-order valence-electron chi connectivity index (χ0n) is 14.6. The van der Waals surface area contributed by atoms with E-state index in [-0.39, 0.29) is 11.7 Å². The number of ether oxygens (including phenoxy) is 1. The van der Waals surface area contributed by atoms with Crippen LogP contribution >= 0.6 is 0 Å². The summed E-state index contributed by atoms with van der Waals surface area (Å²) in [5, 5.41) is 6.06. The van der Waals surface area contributed by atoms with Crippen molar-refractivity contribution >= 4 is 11.7 Å². The number of carbonyl (C=O) groups is 1. The van der Waals surface area contributed by atoms with Crippen LogP contribution in [0.2, 0.25) is 0 Å². The molecule has 2 N–H and O–H groups in total. The Morgan fingerprint density at radius 1 is 1.15 bits per heavy atom. The quantitative estimate of drug-likeness (QED) is 0.791. The van der Waals surface area contributed by atoms with Crippen molar-refractivity contribution in [3.63, 3.8) is 0 Å². The molecule has 7 heteroatoms. The smallest absolute Gasteiger partial charge is 0.252 e. The number of carbonyl (C=O) groups excluding carboxylic acids is 1. The van der Waals surface area contributed by atoms with Gasteiger partial charge in [-0.25, -0.2) is 9.37 Å². The van der Waals surface area contributed by atoms with Crippen LogP contribution in [0.25, 0.3) is 0 Å². The number of nitrogens with zero attached hydrogens (tertiary/aromatic N) is 2. The van der Waals surface area contributed by atoms with E-state index in [9.17, 15) is 9.18 Å². The van der Waals surface area contributed by atoms with Gasteiger partial charge in [0.2, 0.25) is 0 Å². The van der Waals surface area contributed by atoms with E-state index in [1.165, 1.54) is 12.1 Å². The van der Waals surface area contributed by atoms with Crippen molar-refractivity contribution in [2.45, 2.75) is 6.54 Å². The number of hydrogen-bond donors (Lipinski definition) is 2. The van der Waals surface area contributed by atoms with Crippen molar-refractivity contribution in [3.8, 4) is 0 Å². The Bertz CT molecular complexity index is 700. The van der Waals surface area contributed by atoms with E-state index in [2.05, 4.69) is 20.5 Å². The lowest BCUT2D eigenvalue weighted by Crippen LogP contribution is -2.41. The highest BCUT2D eigenvalue weighted by Crippen LogP contribution is 2.09. The van der Waals surface area contributed by atoms with Gasteiger partial charge in [0.1, 0.15) is 11.6 Å². The van der Waals surface area contributed by atoms with Crippen molar-refractivity contribution in [2.24, 2.45) is 0 Å². The highest BCUT2D eigenvalue weighted by Gasteiger charge is 2.11. The lowest BCUT2D eigenvalue weighted by atomic mass is 10.2. The molecule has 0 bridgehead atoms. The molecule has 0 unspecified atom stereocenters. The van der Waals surface area contributed by atoms with Crippen molar-refractivity contribution < 1.29 is 13.9 Å². The van der Waals surface area contributed by atoms with Gasteiger partial charge < -0.3 is 15.4 Å². The van der Waals surface area contributed by atoms with Crippen LogP contribution < -0.4 is 10.6 Å². The summed E-state index contributed by atoms with van der Waals surface area (Å²) in [7, 11) is 0. The second kappa shape index (κ2) is 9.26. The number of nitrogens with one attached hydrogen (secondary N) is 2. The molecule has 1 aliphatic rings. The molecule has 1 aliphatic heterocycles. The van der Waals surface area contributed by atoms with Crippen molar-refractivity contribution in [3.05, 3.63) is 59.5 Å². The van der Waals surface area contributed by atoms with Crippen molar-refractivity contribution in [1.29, 1.82) is 0 Å². The molecule has 1 saturated heterocycles. The van der Waals surface area contributed by atoms with Gasteiger partial charge in [-0.05, 0) is 29.8 Å². The van der Waals surface area contributed by atoms with Crippen LogP contribution in [-0.4, -0.2) is 55.2 Å². The summed E-state index contributed by atoms with van der Waals surface area (Å²) in [5.74, 6) is 0.283. The Morgan fingerprint density at radius 2 is 1.92 bits per heavy atom. The summed E-state index contributed by atoms with van der Waals surface area (Å²) in [6.45, 7) is 5.29. The second-order valence-corrected chi connectivity index (χ2v) is 6.12. The normalized spacial score (nSPS) is 14.8. The third-order valence-corrected chi connectivity index (χ3v) is 4.23. The summed E-state index contributed by atoms with van der Waals surface area (Å²) in [6, 6.07) is 9.80. The largest absolute Gasteiger partial charge is 0.379 e. The molecule has 26 heavy (non-hydrogen) atoms. The zero-order valence-corrected chi connectivity index (χ0v) is 14.6. The predicted molar refractivity (Wildman–Crippen MR) is 97.6 cm³/mol. The fraction of sp³-hybridized carbons (Fsp3) is 0.368. The van der Waals surface area contributed by atoms with Gasteiger partial charge in [-0.1, -0.05) is 12.1 Å². The third-order valence-electron chi connectivity index (χ3n) is 4.23. The lowest BCUT2D eigenvalue weighted by molar-refractivity contribution is 0.0383. The maximum absolute atomic E-state index is 12.9. The van der Waals surface area contributed by atoms with Crippen LogP contribution in [0.15, 0.2) is 42.6 Å². The molecule has 0 spiro atoms. The molecule has 0 radical (unpaired) electrons. The van der Waals surface area contributed by atoms with Crippen LogP contribution in [-0.2, 0) is 11.3 Å². The summed E-state index contributed by atoms with van der Waals surface area (Å²) in [6.07, 6.45) is 1.55. The van der Waals surface area contributed by atoms with E-state index in [4.69, 9.17) is 4.74 Å². The van der Waals surface area contributed by atoms with Gasteiger partial charge in [0.25, 0.3) is 5.91 Å². The highest BCUT2D eigenvalue weighted by molar-refractivity contribution is 5.94. The first-order valence-corrected chi connectivity index (χ1v) is 8.73. The van der Waals surface area contributed by atoms with Crippen LogP contribution in [0.3, 0.4) is 0 Å². The number of pyridine rings is 1. The van der Waals surface area contributed by atoms with Crippen LogP contribution in [0.4, 0.5) is 10.2 Å². The molecule has 0 saturated carbocycles. The lowest BCUT2D eigenvalue weighted by Gasteiger charge is -2.26. The van der Waals surface area contributed by atoms with Gasteiger partial charge in [0.15, 0.2) is 0 Å². The van der Waals surface area contributed by atoms with E-state index in [0.717, 1.165) is 38.4 Å². The molecule has 2 heterocycles. The Morgan fingerprint density at radius 3 is 2.62 bits per heavy atom. The fourth-order valence-corrected chi connectivity index (χ4v) is 2.68. The Kier molecular flexibility index (Phi) is 6.51. The summed E-state index contributed by atoms with van der Waals surface area (Å²) in [4.78, 5) is 18.7. The summed E-state index contributed by atoms with van der Waals surface area (Å²) >= 11 is 0. The number of amides is 1. The number of hydrogen-bond acceptors (Lipinski definition) is 5. The molecule has 2 aromatic rings. The molecule has 1 aromatic heterocycles. The number of halogens is 1. The molecular weight excluding hydrogens is 335 g/mol. The first-order chi connectivity index (χ1) is 12.7. The monoisotopic (exact) mass is 358 g/mol. The zero-order chi connectivity index (χ0) is 18.2. The minimum atomic E-state index is -0.254. The molecule has 3 rings (SSSR count). The topological polar surface area (TPSA) is 66.5 Å². The predicted octanol–water partition coefficient (Wildman–Crippen LogP) is 1.89. The number of anilines is 1. The maximum Gasteiger partial charge on any atom is 0.252 e. The number of morpholine rings is 1. The molecule has 0 aliphatic carbocycles. The molecule has 138 valence electrons. The maximum atomic E-state index is 12.9. The molecule has 6 nitrogen and oxygen atoms in total. The van der Waals surface area contributed by atoms with E-state index in [0.29, 0.717) is 24.5 Å². The SMILES string of the molecule is O=C(NCCN1CCOCC1)c1ccc(NCc2ccc(F)cc2)nc1. The molecule has 1 fully saturated rings. The number of aromatic nitrogens is 1. The van der Waals surface area contributed by atoms with Crippen molar-refractivity contribution in [2.75, 3.05) is 44.7 Å². The van der Waals surface area contributed by atoms with Crippen LogP contribution in [0, 0.1) is 5.82 Å². The Balaban J connectivity index is 1.42. The van der Waals surface area contributed by atoms with E-state index < -0.39 is 0 Å². The molecule has 1 aromatic carbocycles. The molecule has 1 amide bonds. The van der Waals surface area contributed by atoms with E-state index in [1.54, 1.807) is 30.5 Å². The van der Waals surface area contributed by atoms with Gasteiger partial charge in [0.05, 0.1) is 18.8 Å². The van der Waals surface area contributed by atoms with E-state index >= 15 is 0 Å². The number of rotatable bonds is 7. The third kappa shape index (κ3) is 5.50.